The number of fused-ring (bicyclic) bond motifs is 1. The van der Waals surface area contributed by atoms with Crippen molar-refractivity contribution in [2.45, 2.75) is 19.0 Å². The Morgan fingerprint density at radius 3 is 2.57 bits per heavy atom. The maximum atomic E-state index is 14.2. The molecule has 3 nitrogen and oxygen atoms in total. The molecule has 0 aliphatic carbocycles. The molecule has 5 heteroatoms. The van der Waals surface area contributed by atoms with Gasteiger partial charge in [-0.1, -0.05) is 49.9 Å². The number of benzene rings is 2. The molecule has 0 aliphatic heterocycles. The number of nitrogens with zero attached hydrogens (tertiary/aromatic N) is 2. The molecule has 0 radical (unpaired) electrons. The number of thioether (sulfide) groups is 1. The number of hydrogen-bond acceptors (Lipinski definition) is 3. The molecule has 118 valence electrons. The molecule has 0 bridgehead atoms. The van der Waals surface area contributed by atoms with Gasteiger partial charge in [0.15, 0.2) is 5.16 Å². The van der Waals surface area contributed by atoms with Gasteiger partial charge in [-0.25, -0.2) is 9.37 Å². The summed E-state index contributed by atoms with van der Waals surface area (Å²) in [4.78, 5) is 17.5. The summed E-state index contributed by atoms with van der Waals surface area (Å²) in [5.74, 6) is 0.815. The van der Waals surface area contributed by atoms with Gasteiger partial charge in [0.05, 0.1) is 16.6 Å². The molecule has 0 fully saturated rings. The van der Waals surface area contributed by atoms with E-state index in [4.69, 9.17) is 0 Å². The van der Waals surface area contributed by atoms with E-state index < -0.39 is 5.82 Å². The molecular weight excluding hydrogens is 311 g/mol. The van der Waals surface area contributed by atoms with Gasteiger partial charge in [0.1, 0.15) is 5.82 Å². The lowest BCUT2D eigenvalue weighted by atomic mass is 10.2. The zero-order valence-corrected chi connectivity index (χ0v) is 13.8. The van der Waals surface area contributed by atoms with Gasteiger partial charge in [-0.3, -0.25) is 9.36 Å². The Kier molecular flexibility index (Phi) is 4.48. The number of para-hydroxylation sites is 2. The number of halogens is 1. The predicted octanol–water partition coefficient (Wildman–Crippen LogP) is 4.27. The molecule has 3 aromatic rings. The SMILES string of the molecule is CC(C)CSc1nc2ccccc2c(=O)n1-c1ccccc1F. The zero-order chi connectivity index (χ0) is 16.4. The average molecular weight is 328 g/mol. The largest absolute Gasteiger partial charge is 0.268 e. The van der Waals surface area contributed by atoms with Crippen LogP contribution in [-0.2, 0) is 0 Å². The lowest BCUT2D eigenvalue weighted by molar-refractivity contribution is 0.608. The Morgan fingerprint density at radius 2 is 1.83 bits per heavy atom. The van der Waals surface area contributed by atoms with Gasteiger partial charge in [0, 0.05) is 5.75 Å². The third-order valence-corrected chi connectivity index (χ3v) is 4.75. The van der Waals surface area contributed by atoms with E-state index in [0.29, 0.717) is 22.0 Å². The average Bonchev–Trinajstić information content (AvgIpc) is 2.54. The van der Waals surface area contributed by atoms with Gasteiger partial charge in [-0.15, -0.1) is 0 Å². The van der Waals surface area contributed by atoms with E-state index in [-0.39, 0.29) is 11.2 Å². The van der Waals surface area contributed by atoms with Crippen molar-refractivity contribution in [3.63, 3.8) is 0 Å². The third-order valence-electron chi connectivity index (χ3n) is 3.38. The summed E-state index contributed by atoms with van der Waals surface area (Å²) in [6, 6.07) is 13.5. The summed E-state index contributed by atoms with van der Waals surface area (Å²) >= 11 is 1.47. The second-order valence-corrected chi connectivity index (χ2v) is 6.70. The summed E-state index contributed by atoms with van der Waals surface area (Å²) < 4.78 is 15.6. The predicted molar refractivity (Wildman–Crippen MR) is 92.9 cm³/mol. The molecule has 0 saturated carbocycles. The van der Waals surface area contributed by atoms with E-state index >= 15 is 0 Å². The quantitative estimate of drug-likeness (QED) is 0.530. The third kappa shape index (κ3) is 3.15. The maximum Gasteiger partial charge on any atom is 0.266 e. The first-order chi connectivity index (χ1) is 11.1. The topological polar surface area (TPSA) is 34.9 Å². The molecule has 1 aromatic heterocycles. The van der Waals surface area contributed by atoms with E-state index in [1.165, 1.54) is 22.4 Å². The first kappa shape index (κ1) is 15.7. The second-order valence-electron chi connectivity index (χ2n) is 5.71. The van der Waals surface area contributed by atoms with Crippen LogP contribution >= 0.6 is 11.8 Å². The minimum atomic E-state index is -0.432. The van der Waals surface area contributed by atoms with Crippen LogP contribution in [0.4, 0.5) is 4.39 Å². The first-order valence-corrected chi connectivity index (χ1v) is 8.46. The van der Waals surface area contributed by atoms with Crippen molar-refractivity contribution in [2.24, 2.45) is 5.92 Å². The van der Waals surface area contributed by atoms with Gasteiger partial charge >= 0.3 is 0 Å². The van der Waals surface area contributed by atoms with Gasteiger partial charge in [-0.05, 0) is 30.2 Å². The van der Waals surface area contributed by atoms with Gasteiger partial charge < -0.3 is 0 Å². The van der Waals surface area contributed by atoms with Crippen LogP contribution in [0.1, 0.15) is 13.8 Å². The van der Waals surface area contributed by atoms with Gasteiger partial charge in [-0.2, -0.15) is 0 Å². The molecule has 0 aliphatic rings. The van der Waals surface area contributed by atoms with E-state index in [2.05, 4.69) is 18.8 Å². The standard InChI is InChI=1S/C18H17FN2OS/c1-12(2)11-23-18-20-15-9-5-3-7-13(15)17(22)21(18)16-10-6-4-8-14(16)19/h3-10,12H,11H2,1-2H3. The van der Waals surface area contributed by atoms with Crippen LogP contribution in [0.5, 0.6) is 0 Å². The summed E-state index contributed by atoms with van der Waals surface area (Å²) in [5, 5.41) is 1.01. The normalized spacial score (nSPS) is 11.3. The van der Waals surface area contributed by atoms with Crippen molar-refractivity contribution in [2.75, 3.05) is 5.75 Å². The summed E-state index contributed by atoms with van der Waals surface area (Å²) in [7, 11) is 0. The van der Waals surface area contributed by atoms with Crippen LogP contribution in [0.25, 0.3) is 16.6 Å². The van der Waals surface area contributed by atoms with Crippen molar-refractivity contribution in [1.82, 2.24) is 9.55 Å². The minimum Gasteiger partial charge on any atom is -0.268 e. The van der Waals surface area contributed by atoms with Crippen molar-refractivity contribution in [3.05, 3.63) is 64.7 Å². The fourth-order valence-electron chi connectivity index (χ4n) is 2.30. The van der Waals surface area contributed by atoms with Crippen molar-refractivity contribution in [1.29, 1.82) is 0 Å². The maximum absolute atomic E-state index is 14.2. The van der Waals surface area contributed by atoms with Crippen molar-refractivity contribution < 1.29 is 4.39 Å². The van der Waals surface area contributed by atoms with E-state index in [1.807, 2.05) is 12.1 Å². The fraction of sp³-hybridized carbons (Fsp3) is 0.222. The molecule has 0 spiro atoms. The smallest absolute Gasteiger partial charge is 0.266 e. The highest BCUT2D eigenvalue weighted by atomic mass is 32.2. The highest BCUT2D eigenvalue weighted by Gasteiger charge is 2.15. The number of hydrogen-bond donors (Lipinski definition) is 0. The summed E-state index contributed by atoms with van der Waals surface area (Å²) in [5.41, 5.74) is 0.630. The highest BCUT2D eigenvalue weighted by Crippen LogP contribution is 2.24. The zero-order valence-electron chi connectivity index (χ0n) is 13.0. The van der Waals surface area contributed by atoms with Crippen LogP contribution in [0.2, 0.25) is 0 Å². The molecule has 0 atom stereocenters. The fourth-order valence-corrected chi connectivity index (χ4v) is 3.25. The molecule has 23 heavy (non-hydrogen) atoms. The highest BCUT2D eigenvalue weighted by molar-refractivity contribution is 7.99. The van der Waals surface area contributed by atoms with Gasteiger partial charge in [0.2, 0.25) is 0 Å². The lowest BCUT2D eigenvalue weighted by Gasteiger charge is -2.14. The summed E-state index contributed by atoms with van der Waals surface area (Å²) in [6.07, 6.45) is 0. The number of aromatic nitrogens is 2. The van der Waals surface area contributed by atoms with Crippen LogP contribution < -0.4 is 5.56 Å². The first-order valence-electron chi connectivity index (χ1n) is 7.47. The molecule has 0 saturated heterocycles. The molecule has 0 N–H and O–H groups in total. The van der Waals surface area contributed by atoms with Crippen LogP contribution in [0.15, 0.2) is 58.5 Å². The molecule has 2 aromatic carbocycles. The molecular formula is C18H17FN2OS. The molecule has 0 amide bonds. The summed E-state index contributed by atoms with van der Waals surface area (Å²) in [6.45, 7) is 4.19. The Balaban J connectivity index is 2.28. The van der Waals surface area contributed by atoms with E-state index in [1.54, 1.807) is 30.3 Å². The molecule has 3 rings (SSSR count). The Hall–Kier alpha value is -2.14. The Morgan fingerprint density at radius 1 is 1.13 bits per heavy atom. The Bertz CT molecular complexity index is 905. The molecule has 1 heterocycles. The van der Waals surface area contributed by atoms with Crippen LogP contribution in [0.3, 0.4) is 0 Å². The van der Waals surface area contributed by atoms with Crippen molar-refractivity contribution in [3.8, 4) is 5.69 Å². The minimum absolute atomic E-state index is 0.238. The van der Waals surface area contributed by atoms with Crippen LogP contribution in [-0.4, -0.2) is 15.3 Å². The molecule has 0 unspecified atom stereocenters. The van der Waals surface area contributed by atoms with E-state index in [9.17, 15) is 9.18 Å². The Labute approximate surface area is 138 Å². The monoisotopic (exact) mass is 328 g/mol. The van der Waals surface area contributed by atoms with Crippen LogP contribution in [0, 0.1) is 11.7 Å². The number of rotatable bonds is 4. The van der Waals surface area contributed by atoms with Crippen molar-refractivity contribution >= 4 is 22.7 Å². The van der Waals surface area contributed by atoms with Gasteiger partial charge in [0.25, 0.3) is 5.56 Å². The second kappa shape index (κ2) is 6.54. The lowest BCUT2D eigenvalue weighted by Crippen LogP contribution is -2.23. The van der Waals surface area contributed by atoms with E-state index in [0.717, 1.165) is 5.75 Å².